The minimum absolute atomic E-state index is 0.282. The van der Waals surface area contributed by atoms with E-state index in [1.54, 1.807) is 27.7 Å². The van der Waals surface area contributed by atoms with Gasteiger partial charge in [-0.05, 0) is 52.4 Å². The molecule has 1 aliphatic carbocycles. The lowest BCUT2D eigenvalue weighted by atomic mass is 9.74. The van der Waals surface area contributed by atoms with Crippen molar-refractivity contribution in [1.29, 1.82) is 0 Å². The summed E-state index contributed by atoms with van der Waals surface area (Å²) in [5.74, 6) is -0.926. The van der Waals surface area contributed by atoms with Gasteiger partial charge in [-0.1, -0.05) is 6.92 Å². The number of carboxylic acids is 1. The highest BCUT2D eigenvalue weighted by molar-refractivity contribution is 5.79. The molecule has 0 aliphatic heterocycles. The Labute approximate surface area is 115 Å². The average Bonchev–Trinajstić information content (AvgIpc) is 3.06. The number of carbonyl (C=O) groups excluding carboxylic acids is 1. The molecule has 0 spiro atoms. The summed E-state index contributed by atoms with van der Waals surface area (Å²) in [6, 6.07) is -0.293. The van der Waals surface area contributed by atoms with Gasteiger partial charge in [0.15, 0.2) is 0 Å². The van der Waals surface area contributed by atoms with Crippen molar-refractivity contribution in [1.82, 2.24) is 10.6 Å². The monoisotopic (exact) mass is 270 g/mol. The number of urea groups is 1. The topological polar surface area (TPSA) is 78.4 Å². The van der Waals surface area contributed by atoms with E-state index in [-0.39, 0.29) is 11.4 Å². The molecule has 1 aliphatic rings. The number of rotatable bonds is 6. The Kier molecular flexibility index (Phi) is 4.17. The van der Waals surface area contributed by atoms with Gasteiger partial charge in [0, 0.05) is 6.54 Å². The molecule has 0 radical (unpaired) electrons. The van der Waals surface area contributed by atoms with E-state index in [9.17, 15) is 14.7 Å². The zero-order chi connectivity index (χ0) is 14.9. The highest BCUT2D eigenvalue weighted by atomic mass is 16.4. The van der Waals surface area contributed by atoms with Crippen LogP contribution in [0.2, 0.25) is 0 Å². The number of hydrogen-bond acceptors (Lipinski definition) is 2. The van der Waals surface area contributed by atoms with Crippen LogP contribution in [0.25, 0.3) is 0 Å². The van der Waals surface area contributed by atoms with E-state index in [1.165, 1.54) is 0 Å². The lowest BCUT2D eigenvalue weighted by Crippen LogP contribution is -2.59. The van der Waals surface area contributed by atoms with E-state index >= 15 is 0 Å². The largest absolute Gasteiger partial charge is 0.481 e. The molecular weight excluding hydrogens is 244 g/mol. The van der Waals surface area contributed by atoms with E-state index in [4.69, 9.17) is 0 Å². The molecule has 1 rings (SSSR count). The standard InChI is InChI=1S/C14H26N2O3/c1-6-14(7-8-14)9-15-11(19)16-13(4,5)12(2,3)10(17)18/h6-9H2,1-5H3,(H,17,18)(H2,15,16,19). The van der Waals surface area contributed by atoms with Crippen molar-refractivity contribution in [3.63, 3.8) is 0 Å². The summed E-state index contributed by atoms with van der Waals surface area (Å²) >= 11 is 0. The molecule has 5 nitrogen and oxygen atoms in total. The van der Waals surface area contributed by atoms with Gasteiger partial charge in [0.25, 0.3) is 0 Å². The van der Waals surface area contributed by atoms with Gasteiger partial charge in [-0.25, -0.2) is 4.79 Å². The first-order valence-electron chi connectivity index (χ1n) is 6.86. The molecular formula is C14H26N2O3. The molecule has 3 N–H and O–H groups in total. The quantitative estimate of drug-likeness (QED) is 0.693. The molecule has 5 heteroatoms. The van der Waals surface area contributed by atoms with E-state index in [1.807, 2.05) is 0 Å². The fourth-order valence-corrected chi connectivity index (χ4v) is 1.85. The molecule has 0 aromatic carbocycles. The van der Waals surface area contributed by atoms with Crippen molar-refractivity contribution < 1.29 is 14.7 Å². The molecule has 0 atom stereocenters. The number of hydrogen-bond donors (Lipinski definition) is 3. The first kappa shape index (κ1) is 15.8. The Hall–Kier alpha value is -1.26. The summed E-state index contributed by atoms with van der Waals surface area (Å²) in [5.41, 5.74) is -1.58. The summed E-state index contributed by atoms with van der Waals surface area (Å²) in [5, 5.41) is 14.9. The van der Waals surface area contributed by atoms with Crippen LogP contribution in [0.3, 0.4) is 0 Å². The van der Waals surface area contributed by atoms with Crippen LogP contribution < -0.4 is 10.6 Å². The fraction of sp³-hybridized carbons (Fsp3) is 0.857. The molecule has 110 valence electrons. The molecule has 1 saturated carbocycles. The molecule has 0 aromatic rings. The third-order valence-corrected chi connectivity index (χ3v) is 4.85. The van der Waals surface area contributed by atoms with Gasteiger partial charge >= 0.3 is 12.0 Å². The zero-order valence-corrected chi connectivity index (χ0v) is 12.6. The maximum absolute atomic E-state index is 11.9. The predicted octanol–water partition coefficient (Wildman–Crippen LogP) is 2.37. The molecule has 19 heavy (non-hydrogen) atoms. The first-order valence-corrected chi connectivity index (χ1v) is 6.86. The Morgan fingerprint density at radius 1 is 1.21 bits per heavy atom. The van der Waals surface area contributed by atoms with E-state index in [2.05, 4.69) is 17.6 Å². The third-order valence-electron chi connectivity index (χ3n) is 4.85. The predicted molar refractivity (Wildman–Crippen MR) is 74.0 cm³/mol. The number of carboxylic acid groups (broad SMARTS) is 1. The average molecular weight is 270 g/mol. The van der Waals surface area contributed by atoms with Crippen LogP contribution in [0, 0.1) is 10.8 Å². The third kappa shape index (κ3) is 3.39. The number of aliphatic carboxylic acids is 1. The van der Waals surface area contributed by atoms with Crippen LogP contribution in [0.4, 0.5) is 4.79 Å². The highest BCUT2D eigenvalue weighted by Gasteiger charge is 2.45. The number of nitrogens with one attached hydrogen (secondary N) is 2. The Bertz CT molecular complexity index is 371. The summed E-state index contributed by atoms with van der Waals surface area (Å²) in [6.45, 7) is 9.48. The molecule has 2 amide bonds. The van der Waals surface area contributed by atoms with Gasteiger partial charge in [-0.15, -0.1) is 0 Å². The van der Waals surface area contributed by atoms with Crippen LogP contribution in [0.5, 0.6) is 0 Å². The molecule has 0 aromatic heterocycles. The SMILES string of the molecule is CCC1(CNC(=O)NC(C)(C)C(C)(C)C(=O)O)CC1. The normalized spacial score (nSPS) is 17.7. The maximum Gasteiger partial charge on any atom is 0.315 e. The van der Waals surface area contributed by atoms with E-state index in [0.717, 1.165) is 19.3 Å². The highest BCUT2D eigenvalue weighted by Crippen LogP contribution is 2.47. The van der Waals surface area contributed by atoms with E-state index < -0.39 is 16.9 Å². The summed E-state index contributed by atoms with van der Waals surface area (Å²) in [6.07, 6.45) is 3.39. The van der Waals surface area contributed by atoms with Crippen LogP contribution in [0.1, 0.15) is 53.9 Å². The second-order valence-electron chi connectivity index (χ2n) is 6.72. The first-order chi connectivity index (χ1) is 8.56. The van der Waals surface area contributed by atoms with Gasteiger partial charge in [-0.2, -0.15) is 0 Å². The number of amides is 2. The van der Waals surface area contributed by atoms with Gasteiger partial charge in [-0.3, -0.25) is 4.79 Å². The smallest absolute Gasteiger partial charge is 0.315 e. The van der Waals surface area contributed by atoms with Crippen molar-refractivity contribution in [2.45, 2.75) is 59.4 Å². The number of carbonyl (C=O) groups is 2. The van der Waals surface area contributed by atoms with Crippen LogP contribution in [0.15, 0.2) is 0 Å². The van der Waals surface area contributed by atoms with Crippen molar-refractivity contribution in [3.8, 4) is 0 Å². The summed E-state index contributed by atoms with van der Waals surface area (Å²) in [7, 11) is 0. The van der Waals surface area contributed by atoms with Gasteiger partial charge in [0.05, 0.1) is 11.0 Å². The minimum Gasteiger partial charge on any atom is -0.481 e. The van der Waals surface area contributed by atoms with Crippen LogP contribution >= 0.6 is 0 Å². The summed E-state index contributed by atoms with van der Waals surface area (Å²) in [4.78, 5) is 23.2. The minimum atomic E-state index is -1.04. The Balaban J connectivity index is 2.53. The van der Waals surface area contributed by atoms with Crippen LogP contribution in [-0.2, 0) is 4.79 Å². The lowest BCUT2D eigenvalue weighted by molar-refractivity contribution is -0.150. The van der Waals surface area contributed by atoms with Crippen molar-refractivity contribution in [2.24, 2.45) is 10.8 Å². The lowest BCUT2D eigenvalue weighted by Gasteiger charge is -2.38. The summed E-state index contributed by atoms with van der Waals surface area (Å²) < 4.78 is 0. The molecule has 0 bridgehead atoms. The van der Waals surface area contributed by atoms with Crippen LogP contribution in [-0.4, -0.2) is 29.2 Å². The zero-order valence-electron chi connectivity index (χ0n) is 12.6. The van der Waals surface area contributed by atoms with Gasteiger partial charge < -0.3 is 15.7 Å². The molecule has 0 unspecified atom stereocenters. The van der Waals surface area contributed by atoms with Crippen molar-refractivity contribution in [2.75, 3.05) is 6.54 Å². The van der Waals surface area contributed by atoms with E-state index in [0.29, 0.717) is 6.54 Å². The second kappa shape index (κ2) is 5.02. The van der Waals surface area contributed by atoms with Gasteiger partial charge in [0.2, 0.25) is 0 Å². The van der Waals surface area contributed by atoms with Crippen molar-refractivity contribution >= 4 is 12.0 Å². The van der Waals surface area contributed by atoms with Crippen molar-refractivity contribution in [3.05, 3.63) is 0 Å². The Morgan fingerprint density at radius 3 is 2.11 bits per heavy atom. The molecule has 0 heterocycles. The second-order valence-corrected chi connectivity index (χ2v) is 6.72. The molecule has 1 fully saturated rings. The van der Waals surface area contributed by atoms with Gasteiger partial charge in [0.1, 0.15) is 0 Å². The fourth-order valence-electron chi connectivity index (χ4n) is 1.85. The molecule has 0 saturated heterocycles. The maximum atomic E-state index is 11.9. The Morgan fingerprint density at radius 2 is 1.74 bits per heavy atom.